The molecule has 0 aliphatic rings. The van der Waals surface area contributed by atoms with Crippen LogP contribution >= 0.6 is 11.3 Å². The van der Waals surface area contributed by atoms with Crippen molar-refractivity contribution in [2.45, 2.75) is 19.6 Å². The fraction of sp³-hybridized carbons (Fsp3) is 0.250. The number of alkyl halides is 3. The van der Waals surface area contributed by atoms with Gasteiger partial charge in [0.15, 0.2) is 0 Å². The van der Waals surface area contributed by atoms with Gasteiger partial charge in [-0.2, -0.15) is 13.2 Å². The van der Waals surface area contributed by atoms with E-state index < -0.39 is 11.7 Å². The topological polar surface area (TPSA) is 50.9 Å². The van der Waals surface area contributed by atoms with E-state index in [2.05, 4.69) is 10.3 Å². The largest absolute Gasteiger partial charge is 0.416 e. The van der Waals surface area contributed by atoms with Crippen LogP contribution in [0.4, 0.5) is 24.5 Å². The van der Waals surface area contributed by atoms with Crippen molar-refractivity contribution >= 4 is 22.7 Å². The van der Waals surface area contributed by atoms with Crippen LogP contribution in [0.25, 0.3) is 0 Å². The maximum Gasteiger partial charge on any atom is 0.416 e. The number of benzene rings is 1. The molecule has 0 atom stereocenters. The highest BCUT2D eigenvalue weighted by molar-refractivity contribution is 7.09. The van der Waals surface area contributed by atoms with Gasteiger partial charge in [-0.3, -0.25) is 0 Å². The molecule has 0 bridgehead atoms. The maximum atomic E-state index is 12.5. The fourth-order valence-electron chi connectivity index (χ4n) is 1.57. The van der Waals surface area contributed by atoms with Crippen molar-refractivity contribution < 1.29 is 13.2 Å². The average molecular weight is 287 g/mol. The third kappa shape index (κ3) is 3.17. The first-order valence-corrected chi connectivity index (χ1v) is 6.35. The number of hydrogen-bond donors (Lipinski definition) is 2. The molecule has 2 aromatic rings. The number of nitrogens with zero attached hydrogens (tertiary/aromatic N) is 1. The first-order chi connectivity index (χ1) is 8.88. The number of aromatic nitrogens is 1. The molecular formula is C12H12F3N3S. The zero-order chi connectivity index (χ0) is 14.0. The standard InChI is InChI=1S/C12H12F3N3S/c1-7-11(19-6-18-7)5-17-10-3-2-8(4-9(10)16)12(13,14)15/h2-4,6,17H,5,16H2,1H3. The van der Waals surface area contributed by atoms with Crippen molar-refractivity contribution in [2.24, 2.45) is 0 Å². The molecule has 0 amide bonds. The minimum atomic E-state index is -4.37. The predicted molar refractivity (Wildman–Crippen MR) is 70.0 cm³/mol. The normalized spacial score (nSPS) is 11.6. The van der Waals surface area contributed by atoms with Crippen molar-refractivity contribution in [3.63, 3.8) is 0 Å². The Balaban J connectivity index is 2.12. The summed E-state index contributed by atoms with van der Waals surface area (Å²) in [5, 5.41) is 3.01. The zero-order valence-electron chi connectivity index (χ0n) is 10.1. The van der Waals surface area contributed by atoms with E-state index in [0.717, 1.165) is 22.7 Å². The summed E-state index contributed by atoms with van der Waals surface area (Å²) in [4.78, 5) is 5.12. The summed E-state index contributed by atoms with van der Waals surface area (Å²) in [6.45, 7) is 2.37. The molecule has 102 valence electrons. The number of thiazole rings is 1. The summed E-state index contributed by atoms with van der Waals surface area (Å²) in [7, 11) is 0. The number of hydrogen-bond acceptors (Lipinski definition) is 4. The Bertz CT molecular complexity index is 578. The van der Waals surface area contributed by atoms with Crippen LogP contribution in [0, 0.1) is 6.92 Å². The molecule has 3 N–H and O–H groups in total. The van der Waals surface area contributed by atoms with Gasteiger partial charge in [0.1, 0.15) is 0 Å². The van der Waals surface area contributed by atoms with Gasteiger partial charge < -0.3 is 11.1 Å². The van der Waals surface area contributed by atoms with Gasteiger partial charge in [0, 0.05) is 4.88 Å². The molecular weight excluding hydrogens is 275 g/mol. The monoisotopic (exact) mass is 287 g/mol. The molecule has 0 radical (unpaired) electrons. The van der Waals surface area contributed by atoms with Gasteiger partial charge in [0.05, 0.1) is 34.7 Å². The Morgan fingerprint density at radius 1 is 1.37 bits per heavy atom. The molecule has 7 heteroatoms. The molecule has 0 saturated heterocycles. The number of nitrogens with one attached hydrogen (secondary N) is 1. The molecule has 0 saturated carbocycles. The lowest BCUT2D eigenvalue weighted by molar-refractivity contribution is -0.137. The highest BCUT2D eigenvalue weighted by Gasteiger charge is 2.30. The van der Waals surface area contributed by atoms with Crippen LogP contribution in [-0.4, -0.2) is 4.98 Å². The number of nitrogens with two attached hydrogens (primary N) is 1. The fourth-order valence-corrected chi connectivity index (χ4v) is 2.29. The van der Waals surface area contributed by atoms with E-state index >= 15 is 0 Å². The lowest BCUT2D eigenvalue weighted by atomic mass is 10.1. The van der Waals surface area contributed by atoms with Crippen molar-refractivity contribution in [3.8, 4) is 0 Å². The predicted octanol–water partition coefficient (Wildman–Crippen LogP) is 3.66. The Labute approximate surface area is 112 Å². The van der Waals surface area contributed by atoms with Crippen LogP contribution in [-0.2, 0) is 12.7 Å². The molecule has 2 rings (SSSR count). The number of halogens is 3. The molecule has 19 heavy (non-hydrogen) atoms. The smallest absolute Gasteiger partial charge is 0.397 e. The van der Waals surface area contributed by atoms with Crippen molar-refractivity contribution in [1.29, 1.82) is 0 Å². The van der Waals surface area contributed by atoms with Crippen LogP contribution < -0.4 is 11.1 Å². The molecule has 0 unspecified atom stereocenters. The van der Waals surface area contributed by atoms with Crippen molar-refractivity contribution in [1.82, 2.24) is 4.98 Å². The molecule has 1 heterocycles. The Kier molecular flexibility index (Phi) is 3.66. The van der Waals surface area contributed by atoms with Gasteiger partial charge in [-0.15, -0.1) is 11.3 Å². The molecule has 3 nitrogen and oxygen atoms in total. The van der Waals surface area contributed by atoms with E-state index in [1.165, 1.54) is 17.4 Å². The molecule has 0 aliphatic carbocycles. The summed E-state index contributed by atoms with van der Waals surface area (Å²) >= 11 is 1.49. The van der Waals surface area contributed by atoms with Gasteiger partial charge in [-0.25, -0.2) is 4.98 Å². The van der Waals surface area contributed by atoms with Gasteiger partial charge in [0.25, 0.3) is 0 Å². The summed E-state index contributed by atoms with van der Waals surface area (Å²) in [6, 6.07) is 3.29. The minimum Gasteiger partial charge on any atom is -0.397 e. The maximum absolute atomic E-state index is 12.5. The van der Waals surface area contributed by atoms with E-state index in [-0.39, 0.29) is 5.69 Å². The third-order valence-corrected chi connectivity index (χ3v) is 3.60. The van der Waals surface area contributed by atoms with E-state index in [1.807, 2.05) is 6.92 Å². The summed E-state index contributed by atoms with van der Waals surface area (Å²) in [6.07, 6.45) is -4.37. The average Bonchev–Trinajstić information content (AvgIpc) is 2.72. The molecule has 1 aromatic carbocycles. The first-order valence-electron chi connectivity index (χ1n) is 5.47. The lowest BCUT2D eigenvalue weighted by Gasteiger charge is -2.12. The molecule has 0 aliphatic heterocycles. The number of aryl methyl sites for hydroxylation is 1. The second-order valence-electron chi connectivity index (χ2n) is 4.01. The lowest BCUT2D eigenvalue weighted by Crippen LogP contribution is -2.08. The van der Waals surface area contributed by atoms with Gasteiger partial charge in [-0.05, 0) is 25.1 Å². The van der Waals surface area contributed by atoms with Crippen LogP contribution in [0.3, 0.4) is 0 Å². The van der Waals surface area contributed by atoms with E-state index in [4.69, 9.17) is 5.73 Å². The second-order valence-corrected chi connectivity index (χ2v) is 4.95. The number of anilines is 2. The van der Waals surface area contributed by atoms with Crippen LogP contribution in [0.15, 0.2) is 23.7 Å². The van der Waals surface area contributed by atoms with Gasteiger partial charge in [0.2, 0.25) is 0 Å². The first kappa shape index (κ1) is 13.7. The highest BCUT2D eigenvalue weighted by atomic mass is 32.1. The van der Waals surface area contributed by atoms with Crippen molar-refractivity contribution in [3.05, 3.63) is 39.8 Å². The van der Waals surface area contributed by atoms with Crippen LogP contribution in [0.1, 0.15) is 16.1 Å². The second kappa shape index (κ2) is 5.08. The van der Waals surface area contributed by atoms with Gasteiger partial charge in [-0.1, -0.05) is 0 Å². The summed E-state index contributed by atoms with van der Waals surface area (Å²) in [5.74, 6) is 0. The third-order valence-electron chi connectivity index (χ3n) is 2.66. The zero-order valence-corrected chi connectivity index (χ0v) is 10.9. The quantitative estimate of drug-likeness (QED) is 0.847. The highest BCUT2D eigenvalue weighted by Crippen LogP contribution is 2.33. The van der Waals surface area contributed by atoms with E-state index in [1.54, 1.807) is 5.51 Å². The molecule has 0 spiro atoms. The summed E-state index contributed by atoms with van der Waals surface area (Å²) in [5.41, 5.74) is 8.07. The van der Waals surface area contributed by atoms with Gasteiger partial charge >= 0.3 is 6.18 Å². The minimum absolute atomic E-state index is 0.0805. The van der Waals surface area contributed by atoms with Crippen LogP contribution in [0.2, 0.25) is 0 Å². The van der Waals surface area contributed by atoms with Crippen molar-refractivity contribution in [2.75, 3.05) is 11.1 Å². The Hall–Kier alpha value is -1.76. The van der Waals surface area contributed by atoms with E-state index in [9.17, 15) is 13.2 Å². The number of rotatable bonds is 3. The SMILES string of the molecule is Cc1ncsc1CNc1ccc(C(F)(F)F)cc1N. The Morgan fingerprint density at radius 3 is 2.63 bits per heavy atom. The molecule has 0 fully saturated rings. The van der Waals surface area contributed by atoms with E-state index in [0.29, 0.717) is 12.2 Å². The molecule has 1 aromatic heterocycles. The number of nitrogen functional groups attached to an aromatic ring is 1. The Morgan fingerprint density at radius 2 is 2.11 bits per heavy atom. The van der Waals surface area contributed by atoms with Crippen LogP contribution in [0.5, 0.6) is 0 Å². The summed E-state index contributed by atoms with van der Waals surface area (Å²) < 4.78 is 37.4.